The number of nitrogens with zero attached hydrogens (tertiary/aromatic N) is 6. The van der Waals surface area contributed by atoms with Crippen molar-refractivity contribution in [2.24, 2.45) is 0 Å². The van der Waals surface area contributed by atoms with E-state index in [9.17, 15) is 14.9 Å². The van der Waals surface area contributed by atoms with Gasteiger partial charge in [0.25, 0.3) is 0 Å². The van der Waals surface area contributed by atoms with Crippen LogP contribution in [0.2, 0.25) is 0 Å². The molecule has 3 heterocycles. The van der Waals surface area contributed by atoms with E-state index in [2.05, 4.69) is 30.2 Å². The number of hydrogen-bond donors (Lipinski definition) is 3. The summed E-state index contributed by atoms with van der Waals surface area (Å²) in [5.74, 6) is -0.273. The van der Waals surface area contributed by atoms with Crippen molar-refractivity contribution in [2.45, 2.75) is 39.5 Å². The molecule has 15 nitrogen and oxygen atoms in total. The number of benzene rings is 2. The lowest BCUT2D eigenvalue weighted by molar-refractivity contribution is -0.149. The molecule has 0 atom stereocenters. The number of hydrogen-bond acceptors (Lipinski definition) is 13. The summed E-state index contributed by atoms with van der Waals surface area (Å²) in [5.41, 5.74) is 9.35. The Kier molecular flexibility index (Phi) is 9.50. The van der Waals surface area contributed by atoms with Gasteiger partial charge in [0.05, 0.1) is 12.9 Å². The summed E-state index contributed by atoms with van der Waals surface area (Å²) >= 11 is 0. The summed E-state index contributed by atoms with van der Waals surface area (Å²) < 4.78 is 22.2. The molecule has 3 aromatic heterocycles. The summed E-state index contributed by atoms with van der Waals surface area (Å²) in [5, 5.41) is 12.1. The molecular formula is C32H33N9O6. The average Bonchev–Trinajstić information content (AvgIpc) is 3.67. The SMILES string of the molecule is CN(CCOC(=O)NCc1ccc(COc2nc(N)nc3[nH]cnc23)cc1)c1ccc2nc(/C=C(\C#N)C(=O)OC(C)(C)C)oc2c1. The smallest absolute Gasteiger partial charge is 0.407 e. The monoisotopic (exact) mass is 639 g/mol. The summed E-state index contributed by atoms with van der Waals surface area (Å²) in [6.45, 7) is 6.23. The molecule has 1 amide bonds. The standard InChI is InChI=1S/C32H33N9O6/c1-32(2,3)47-29(42)21(15-33)13-25-38-23-10-9-22(14-24(23)46-25)41(4)11-12-44-31(43)35-16-19-5-7-20(8-6-19)17-45-28-26-27(37-18-36-26)39-30(34)40-28/h5-10,13-14,18H,11-12,16-17H2,1-4H3,(H,35,43)(H3,34,36,37,39,40)/b21-13+. The zero-order valence-corrected chi connectivity index (χ0v) is 26.2. The van der Waals surface area contributed by atoms with Crippen LogP contribution in [0.3, 0.4) is 0 Å². The van der Waals surface area contributed by atoms with Gasteiger partial charge in [-0.1, -0.05) is 24.3 Å². The van der Waals surface area contributed by atoms with Gasteiger partial charge in [-0.25, -0.2) is 19.6 Å². The number of alkyl carbamates (subject to hydrolysis) is 1. The minimum atomic E-state index is -0.756. The van der Waals surface area contributed by atoms with Crippen molar-refractivity contribution in [1.29, 1.82) is 5.26 Å². The number of nitrogens with two attached hydrogens (primary N) is 1. The second kappa shape index (κ2) is 13.9. The molecular weight excluding hydrogens is 606 g/mol. The molecule has 0 aliphatic rings. The van der Waals surface area contributed by atoms with Gasteiger partial charge in [-0.05, 0) is 44.0 Å². The Hall–Kier alpha value is -6.17. The lowest BCUT2D eigenvalue weighted by Crippen LogP contribution is -2.28. The Balaban J connectivity index is 1.07. The van der Waals surface area contributed by atoms with Crippen LogP contribution in [0.15, 0.2) is 58.8 Å². The van der Waals surface area contributed by atoms with Crippen molar-refractivity contribution in [3.05, 3.63) is 71.4 Å². The number of esters is 1. The maximum Gasteiger partial charge on any atom is 0.407 e. The van der Waals surface area contributed by atoms with Gasteiger partial charge in [0.2, 0.25) is 17.7 Å². The number of carbonyl (C=O) groups excluding carboxylic acids is 2. The zero-order valence-electron chi connectivity index (χ0n) is 26.2. The molecule has 242 valence electrons. The molecule has 2 aromatic carbocycles. The van der Waals surface area contributed by atoms with Gasteiger partial charge >= 0.3 is 12.1 Å². The highest BCUT2D eigenvalue weighted by Gasteiger charge is 2.21. The molecule has 0 aliphatic heterocycles. The van der Waals surface area contributed by atoms with E-state index < -0.39 is 17.7 Å². The van der Waals surface area contributed by atoms with Crippen molar-refractivity contribution in [1.82, 2.24) is 30.2 Å². The fraction of sp³-hybridized carbons (Fsp3) is 0.281. The minimum absolute atomic E-state index is 0.0856. The minimum Gasteiger partial charge on any atom is -0.471 e. The number of likely N-dealkylation sites (N-methyl/N-ethyl adjacent to an activating group) is 1. The van der Waals surface area contributed by atoms with Crippen LogP contribution in [0.25, 0.3) is 28.3 Å². The Morgan fingerprint density at radius 3 is 2.64 bits per heavy atom. The maximum absolute atomic E-state index is 12.3. The maximum atomic E-state index is 12.3. The van der Waals surface area contributed by atoms with Crippen molar-refractivity contribution in [3.63, 3.8) is 0 Å². The van der Waals surface area contributed by atoms with Crippen LogP contribution in [-0.2, 0) is 27.4 Å². The van der Waals surface area contributed by atoms with Gasteiger partial charge in [0.15, 0.2) is 16.7 Å². The van der Waals surface area contributed by atoms with Crippen molar-refractivity contribution >= 4 is 52.0 Å². The quantitative estimate of drug-likeness (QED) is 0.105. The number of nitrogen functional groups attached to an aromatic ring is 1. The van der Waals surface area contributed by atoms with Gasteiger partial charge in [-0.2, -0.15) is 15.2 Å². The molecule has 4 N–H and O–H groups in total. The summed E-state index contributed by atoms with van der Waals surface area (Å²) in [7, 11) is 1.85. The first-order valence-corrected chi connectivity index (χ1v) is 14.5. The third-order valence-electron chi connectivity index (χ3n) is 6.60. The van der Waals surface area contributed by atoms with Crippen LogP contribution in [0.5, 0.6) is 5.88 Å². The van der Waals surface area contributed by atoms with Gasteiger partial charge in [-0.15, -0.1) is 0 Å². The third kappa shape index (κ3) is 8.51. The number of H-pyrrole nitrogens is 1. The Morgan fingerprint density at radius 1 is 1.13 bits per heavy atom. The van der Waals surface area contributed by atoms with Crippen LogP contribution in [0.1, 0.15) is 37.8 Å². The first-order chi connectivity index (χ1) is 22.5. The van der Waals surface area contributed by atoms with Gasteiger partial charge in [-0.3, -0.25) is 0 Å². The highest BCUT2D eigenvalue weighted by molar-refractivity contribution is 5.97. The average molecular weight is 640 g/mol. The number of imidazole rings is 1. The molecule has 0 fully saturated rings. The van der Waals surface area contributed by atoms with Crippen LogP contribution in [-0.4, -0.2) is 62.8 Å². The molecule has 0 radical (unpaired) electrons. The zero-order chi connectivity index (χ0) is 33.6. The van der Waals surface area contributed by atoms with Crippen LogP contribution in [0.4, 0.5) is 16.4 Å². The fourth-order valence-electron chi connectivity index (χ4n) is 4.28. The molecule has 47 heavy (non-hydrogen) atoms. The second-order valence-electron chi connectivity index (χ2n) is 11.4. The second-order valence-corrected chi connectivity index (χ2v) is 11.4. The number of fused-ring (bicyclic) bond motifs is 2. The summed E-state index contributed by atoms with van der Waals surface area (Å²) in [6, 6.07) is 14.7. The largest absolute Gasteiger partial charge is 0.471 e. The topological polar surface area (TPSA) is 207 Å². The number of ether oxygens (including phenoxy) is 3. The Morgan fingerprint density at radius 2 is 1.89 bits per heavy atom. The molecule has 5 rings (SSSR count). The highest BCUT2D eigenvalue weighted by Crippen LogP contribution is 2.24. The lowest BCUT2D eigenvalue weighted by atomic mass is 10.1. The van der Waals surface area contributed by atoms with E-state index in [1.165, 1.54) is 12.4 Å². The Labute approximate surface area is 269 Å². The first-order valence-electron chi connectivity index (χ1n) is 14.5. The Bertz CT molecular complexity index is 1970. The number of anilines is 2. The van der Waals surface area contributed by atoms with E-state index >= 15 is 0 Å². The van der Waals surface area contributed by atoms with Gasteiger partial charge in [0.1, 0.15) is 36.0 Å². The number of carbonyl (C=O) groups is 2. The molecule has 5 aromatic rings. The number of oxazole rings is 1. The molecule has 0 bridgehead atoms. The van der Waals surface area contributed by atoms with Gasteiger partial charge < -0.3 is 39.6 Å². The summed E-state index contributed by atoms with van der Waals surface area (Å²) in [6.07, 6.45) is 2.20. The predicted molar refractivity (Wildman–Crippen MR) is 172 cm³/mol. The van der Waals surface area contributed by atoms with E-state index in [0.29, 0.717) is 34.7 Å². The van der Waals surface area contributed by atoms with Crippen molar-refractivity contribution in [2.75, 3.05) is 30.8 Å². The summed E-state index contributed by atoms with van der Waals surface area (Å²) in [4.78, 5) is 46.0. The molecule has 0 saturated heterocycles. The predicted octanol–water partition coefficient (Wildman–Crippen LogP) is 4.27. The number of aromatic nitrogens is 5. The molecule has 0 aliphatic carbocycles. The van der Waals surface area contributed by atoms with Crippen LogP contribution >= 0.6 is 0 Å². The van der Waals surface area contributed by atoms with E-state index in [1.807, 2.05) is 48.3 Å². The number of aromatic amines is 1. The molecule has 0 saturated carbocycles. The molecule has 0 unspecified atom stereocenters. The number of amides is 1. The van der Waals surface area contributed by atoms with Crippen LogP contribution in [0, 0.1) is 11.3 Å². The first kappa shape index (κ1) is 32.2. The molecule has 15 heteroatoms. The lowest BCUT2D eigenvalue weighted by Gasteiger charge is -2.19. The van der Waals surface area contributed by atoms with E-state index in [4.69, 9.17) is 24.4 Å². The van der Waals surface area contributed by atoms with E-state index in [1.54, 1.807) is 32.9 Å². The van der Waals surface area contributed by atoms with E-state index in [0.717, 1.165) is 16.8 Å². The third-order valence-corrected chi connectivity index (χ3v) is 6.60. The van der Waals surface area contributed by atoms with Gasteiger partial charge in [0, 0.05) is 31.4 Å². The number of rotatable bonds is 11. The highest BCUT2D eigenvalue weighted by atomic mass is 16.6. The van der Waals surface area contributed by atoms with E-state index in [-0.39, 0.29) is 37.2 Å². The number of nitriles is 1. The normalized spacial score (nSPS) is 11.7. The van der Waals surface area contributed by atoms with Crippen molar-refractivity contribution in [3.8, 4) is 11.9 Å². The molecule has 0 spiro atoms. The van der Waals surface area contributed by atoms with Crippen molar-refractivity contribution < 1.29 is 28.2 Å². The fourth-order valence-corrected chi connectivity index (χ4v) is 4.28. The van der Waals surface area contributed by atoms with Crippen LogP contribution < -0.4 is 20.7 Å². The number of nitrogens with one attached hydrogen (secondary N) is 2.